The van der Waals surface area contributed by atoms with Crippen molar-refractivity contribution < 1.29 is 0 Å². The Morgan fingerprint density at radius 1 is 0.967 bits per heavy atom. The molecule has 1 aromatic carbocycles. The number of aromatic nitrogens is 4. The first-order valence-corrected chi connectivity index (χ1v) is 11.1. The van der Waals surface area contributed by atoms with Gasteiger partial charge in [-0.25, -0.2) is 4.68 Å². The molecule has 0 aliphatic carbocycles. The zero-order valence-corrected chi connectivity index (χ0v) is 18.6. The van der Waals surface area contributed by atoms with Gasteiger partial charge in [0.15, 0.2) is 10.6 Å². The fourth-order valence-corrected chi connectivity index (χ4v) is 4.22. The molecule has 1 saturated heterocycles. The second-order valence-electron chi connectivity index (χ2n) is 8.37. The molecule has 7 heteroatoms. The molecular formula is C23H30N6S. The van der Waals surface area contributed by atoms with Crippen molar-refractivity contribution >= 4 is 12.2 Å². The van der Waals surface area contributed by atoms with Gasteiger partial charge in [0.25, 0.3) is 0 Å². The highest BCUT2D eigenvalue weighted by molar-refractivity contribution is 7.71. The zero-order chi connectivity index (χ0) is 20.9. The lowest BCUT2D eigenvalue weighted by molar-refractivity contribution is 0.0950. The minimum atomic E-state index is 0.700. The number of rotatable bonds is 7. The van der Waals surface area contributed by atoms with Gasteiger partial charge in [0.1, 0.15) is 0 Å². The fourth-order valence-electron chi connectivity index (χ4n) is 3.97. The van der Waals surface area contributed by atoms with E-state index in [0.717, 1.165) is 49.0 Å². The summed E-state index contributed by atoms with van der Waals surface area (Å²) in [6, 6.07) is 14.4. The van der Waals surface area contributed by atoms with Gasteiger partial charge >= 0.3 is 0 Å². The van der Waals surface area contributed by atoms with Gasteiger partial charge in [0, 0.05) is 50.7 Å². The molecular weight excluding hydrogens is 392 g/mol. The summed E-state index contributed by atoms with van der Waals surface area (Å²) in [5, 5.41) is 4.92. The number of nitrogens with zero attached hydrogens (tertiary/aromatic N) is 6. The van der Waals surface area contributed by atoms with Crippen LogP contribution < -0.4 is 0 Å². The molecule has 1 aliphatic heterocycles. The maximum absolute atomic E-state index is 5.87. The van der Waals surface area contributed by atoms with Crippen molar-refractivity contribution in [2.24, 2.45) is 5.92 Å². The molecule has 0 amide bonds. The van der Waals surface area contributed by atoms with Gasteiger partial charge in [-0.15, -0.1) is 0 Å². The van der Waals surface area contributed by atoms with E-state index in [1.54, 1.807) is 6.20 Å². The van der Waals surface area contributed by atoms with E-state index in [2.05, 4.69) is 57.5 Å². The predicted octanol–water partition coefficient (Wildman–Crippen LogP) is 3.76. The smallest absolute Gasteiger partial charge is 0.199 e. The predicted molar refractivity (Wildman–Crippen MR) is 123 cm³/mol. The van der Waals surface area contributed by atoms with E-state index in [0.29, 0.717) is 12.5 Å². The summed E-state index contributed by atoms with van der Waals surface area (Å²) < 4.78 is 4.84. The number of hydrogen-bond donors (Lipinski definition) is 0. The molecule has 0 atom stereocenters. The van der Waals surface area contributed by atoms with Crippen LogP contribution >= 0.6 is 12.2 Å². The van der Waals surface area contributed by atoms with Crippen LogP contribution in [0.3, 0.4) is 0 Å². The van der Waals surface area contributed by atoms with E-state index in [-0.39, 0.29) is 0 Å². The van der Waals surface area contributed by atoms with E-state index < -0.39 is 0 Å². The summed E-state index contributed by atoms with van der Waals surface area (Å²) in [4.78, 5) is 9.28. The molecule has 30 heavy (non-hydrogen) atoms. The van der Waals surface area contributed by atoms with Crippen LogP contribution in [0.4, 0.5) is 0 Å². The molecule has 1 fully saturated rings. The molecule has 6 nitrogen and oxygen atoms in total. The van der Waals surface area contributed by atoms with Gasteiger partial charge < -0.3 is 4.90 Å². The summed E-state index contributed by atoms with van der Waals surface area (Å²) in [5.74, 6) is 1.58. The third kappa shape index (κ3) is 5.03. The molecule has 2 aromatic heterocycles. The van der Waals surface area contributed by atoms with Gasteiger partial charge in [-0.05, 0) is 35.8 Å². The van der Waals surface area contributed by atoms with Crippen LogP contribution in [0.1, 0.15) is 19.4 Å². The highest BCUT2D eigenvalue weighted by atomic mass is 32.1. The van der Waals surface area contributed by atoms with Crippen molar-refractivity contribution in [3.8, 4) is 11.4 Å². The Bertz CT molecular complexity index is 988. The van der Waals surface area contributed by atoms with Crippen LogP contribution in [0.15, 0.2) is 54.9 Å². The highest BCUT2D eigenvalue weighted by Crippen LogP contribution is 2.19. The van der Waals surface area contributed by atoms with Crippen molar-refractivity contribution in [1.29, 1.82) is 0 Å². The largest absolute Gasteiger partial charge is 0.301 e. The van der Waals surface area contributed by atoms with Crippen LogP contribution in [0.2, 0.25) is 0 Å². The van der Waals surface area contributed by atoms with Gasteiger partial charge in [-0.3, -0.25) is 14.5 Å². The number of pyridine rings is 1. The summed E-state index contributed by atoms with van der Waals surface area (Å²) in [7, 11) is 0. The molecule has 0 N–H and O–H groups in total. The normalized spacial score (nSPS) is 15.7. The third-order valence-corrected chi connectivity index (χ3v) is 5.88. The zero-order valence-electron chi connectivity index (χ0n) is 17.8. The van der Waals surface area contributed by atoms with Crippen LogP contribution in [0, 0.1) is 10.7 Å². The summed E-state index contributed by atoms with van der Waals surface area (Å²) >= 11 is 5.87. The first-order chi connectivity index (χ1) is 14.6. The van der Waals surface area contributed by atoms with Gasteiger partial charge in [0.05, 0.1) is 13.2 Å². The topological polar surface area (TPSA) is 42.1 Å². The lowest BCUT2D eigenvalue weighted by Gasteiger charge is -2.35. The molecule has 0 radical (unpaired) electrons. The van der Waals surface area contributed by atoms with E-state index in [4.69, 9.17) is 17.3 Å². The molecule has 4 rings (SSSR count). The van der Waals surface area contributed by atoms with Crippen molar-refractivity contribution in [1.82, 2.24) is 29.1 Å². The molecule has 0 unspecified atom stereocenters. The number of benzene rings is 1. The first-order valence-electron chi connectivity index (χ1n) is 10.7. The molecule has 0 saturated carbocycles. The second-order valence-corrected chi connectivity index (χ2v) is 8.74. The Balaban J connectivity index is 1.56. The van der Waals surface area contributed by atoms with Crippen molar-refractivity contribution in [3.05, 3.63) is 65.2 Å². The van der Waals surface area contributed by atoms with Crippen LogP contribution in [0.5, 0.6) is 0 Å². The molecule has 0 bridgehead atoms. The quantitative estimate of drug-likeness (QED) is 0.543. The van der Waals surface area contributed by atoms with E-state index in [9.17, 15) is 0 Å². The standard InChI is InChI=1S/C23H30N6S/c1-19(2)16-26-11-13-27(14-12-26)18-29-23(30)28(17-20-7-4-3-5-8-20)22(25-29)21-9-6-10-24-15-21/h3-10,15,19H,11-14,16-18H2,1-2H3. The van der Waals surface area contributed by atoms with E-state index >= 15 is 0 Å². The second kappa shape index (κ2) is 9.64. The maximum Gasteiger partial charge on any atom is 0.199 e. The Kier molecular flexibility index (Phi) is 6.72. The lowest BCUT2D eigenvalue weighted by atomic mass is 10.2. The summed E-state index contributed by atoms with van der Waals surface area (Å²) in [6.07, 6.45) is 3.64. The Morgan fingerprint density at radius 2 is 1.70 bits per heavy atom. The van der Waals surface area contributed by atoms with Gasteiger partial charge in [-0.1, -0.05) is 44.2 Å². The molecule has 158 valence electrons. The van der Waals surface area contributed by atoms with Crippen molar-refractivity contribution in [2.45, 2.75) is 27.1 Å². The third-order valence-electron chi connectivity index (χ3n) is 5.45. The molecule has 3 heterocycles. The minimum absolute atomic E-state index is 0.700. The van der Waals surface area contributed by atoms with Crippen LogP contribution in [-0.4, -0.2) is 61.9 Å². The Hall–Kier alpha value is -2.35. The van der Waals surface area contributed by atoms with Crippen LogP contribution in [-0.2, 0) is 13.2 Å². The SMILES string of the molecule is CC(C)CN1CCN(Cn2nc(-c3cccnc3)n(Cc3ccccc3)c2=S)CC1. The van der Waals surface area contributed by atoms with Crippen molar-refractivity contribution in [3.63, 3.8) is 0 Å². The summed E-state index contributed by atoms with van der Waals surface area (Å²) in [6.45, 7) is 11.5. The average Bonchev–Trinajstić information content (AvgIpc) is 3.06. The van der Waals surface area contributed by atoms with Gasteiger partial charge in [0.2, 0.25) is 0 Å². The fraction of sp³-hybridized carbons (Fsp3) is 0.435. The molecule has 3 aromatic rings. The Morgan fingerprint density at radius 3 is 2.37 bits per heavy atom. The molecule has 0 spiro atoms. The van der Waals surface area contributed by atoms with Crippen molar-refractivity contribution in [2.75, 3.05) is 32.7 Å². The Labute approximate surface area is 183 Å². The highest BCUT2D eigenvalue weighted by Gasteiger charge is 2.20. The average molecular weight is 423 g/mol. The van der Waals surface area contributed by atoms with Crippen LogP contribution in [0.25, 0.3) is 11.4 Å². The van der Waals surface area contributed by atoms with E-state index in [1.165, 1.54) is 12.1 Å². The minimum Gasteiger partial charge on any atom is -0.301 e. The first kappa shape index (κ1) is 20.9. The maximum atomic E-state index is 5.87. The van der Waals surface area contributed by atoms with E-state index in [1.807, 2.05) is 29.1 Å². The molecule has 1 aliphatic rings. The summed E-state index contributed by atoms with van der Waals surface area (Å²) in [5.41, 5.74) is 2.20. The monoisotopic (exact) mass is 422 g/mol. The number of hydrogen-bond acceptors (Lipinski definition) is 5. The van der Waals surface area contributed by atoms with Gasteiger partial charge in [-0.2, -0.15) is 5.10 Å². The lowest BCUT2D eigenvalue weighted by Crippen LogP contribution is -2.47. The number of piperazine rings is 1.